The van der Waals surface area contributed by atoms with Crippen LogP contribution in [0.25, 0.3) is 16.0 Å². The molecular weight excluding hydrogens is 258 g/mol. The van der Waals surface area contributed by atoms with Crippen molar-refractivity contribution in [2.45, 2.75) is 19.8 Å². The zero-order valence-electron chi connectivity index (χ0n) is 11.1. The van der Waals surface area contributed by atoms with Gasteiger partial charge in [0.2, 0.25) is 5.95 Å². The van der Waals surface area contributed by atoms with Gasteiger partial charge in [0.25, 0.3) is 0 Å². The summed E-state index contributed by atoms with van der Waals surface area (Å²) in [7, 11) is 1.82. The van der Waals surface area contributed by atoms with E-state index in [9.17, 15) is 0 Å². The third kappa shape index (κ3) is 2.08. The molecule has 0 bridgehead atoms. The van der Waals surface area contributed by atoms with Crippen LogP contribution in [0.3, 0.4) is 0 Å². The summed E-state index contributed by atoms with van der Waals surface area (Å²) in [6.45, 7) is 4.26. The SMILES string of the molecule is CNc1nc(-n2ccc(C(C)C)n2)c2ccsc2n1. The van der Waals surface area contributed by atoms with Gasteiger partial charge in [0.1, 0.15) is 4.83 Å². The van der Waals surface area contributed by atoms with Gasteiger partial charge in [0.15, 0.2) is 5.82 Å². The number of aromatic nitrogens is 4. The molecule has 0 atom stereocenters. The highest BCUT2D eigenvalue weighted by atomic mass is 32.1. The second-order valence-electron chi connectivity index (χ2n) is 4.60. The van der Waals surface area contributed by atoms with Crippen LogP contribution >= 0.6 is 11.3 Å². The summed E-state index contributed by atoms with van der Waals surface area (Å²) >= 11 is 1.61. The number of thiophene rings is 1. The van der Waals surface area contributed by atoms with E-state index in [1.807, 2.05) is 35.4 Å². The van der Waals surface area contributed by atoms with Gasteiger partial charge in [-0.25, -0.2) is 9.67 Å². The van der Waals surface area contributed by atoms with Crippen molar-refractivity contribution in [3.63, 3.8) is 0 Å². The Balaban J connectivity index is 2.19. The van der Waals surface area contributed by atoms with Crippen molar-refractivity contribution in [1.82, 2.24) is 19.7 Å². The maximum absolute atomic E-state index is 4.59. The highest BCUT2D eigenvalue weighted by molar-refractivity contribution is 7.16. The lowest BCUT2D eigenvalue weighted by Crippen LogP contribution is -2.04. The summed E-state index contributed by atoms with van der Waals surface area (Å²) in [5.41, 5.74) is 1.06. The van der Waals surface area contributed by atoms with Crippen molar-refractivity contribution >= 4 is 27.5 Å². The van der Waals surface area contributed by atoms with Gasteiger partial charge >= 0.3 is 0 Å². The van der Waals surface area contributed by atoms with E-state index in [4.69, 9.17) is 0 Å². The van der Waals surface area contributed by atoms with Gasteiger partial charge in [-0.3, -0.25) is 0 Å². The first-order valence-corrected chi connectivity index (χ1v) is 7.06. The summed E-state index contributed by atoms with van der Waals surface area (Å²) < 4.78 is 1.83. The molecular formula is C13H15N5S. The highest BCUT2D eigenvalue weighted by Crippen LogP contribution is 2.25. The van der Waals surface area contributed by atoms with Crippen molar-refractivity contribution in [3.8, 4) is 5.82 Å². The number of hydrogen-bond acceptors (Lipinski definition) is 5. The van der Waals surface area contributed by atoms with Crippen molar-refractivity contribution < 1.29 is 0 Å². The van der Waals surface area contributed by atoms with Crippen molar-refractivity contribution in [2.75, 3.05) is 12.4 Å². The Morgan fingerprint density at radius 1 is 1.26 bits per heavy atom. The smallest absolute Gasteiger partial charge is 0.225 e. The Morgan fingerprint density at radius 3 is 2.79 bits per heavy atom. The zero-order valence-corrected chi connectivity index (χ0v) is 11.9. The molecule has 6 heteroatoms. The summed E-state index contributed by atoms with van der Waals surface area (Å²) in [5, 5.41) is 10.6. The van der Waals surface area contributed by atoms with Crippen molar-refractivity contribution in [1.29, 1.82) is 0 Å². The van der Waals surface area contributed by atoms with Crippen LogP contribution in [0.4, 0.5) is 5.95 Å². The van der Waals surface area contributed by atoms with Gasteiger partial charge < -0.3 is 5.32 Å². The molecule has 0 fully saturated rings. The Labute approximate surface area is 115 Å². The molecule has 0 aromatic carbocycles. The molecule has 0 amide bonds. The lowest BCUT2D eigenvalue weighted by molar-refractivity contribution is 0.760. The summed E-state index contributed by atoms with van der Waals surface area (Å²) in [5.74, 6) is 1.85. The van der Waals surface area contributed by atoms with E-state index >= 15 is 0 Å². The minimum Gasteiger partial charge on any atom is -0.357 e. The first-order valence-electron chi connectivity index (χ1n) is 6.18. The number of rotatable bonds is 3. The maximum Gasteiger partial charge on any atom is 0.225 e. The molecule has 3 heterocycles. The van der Waals surface area contributed by atoms with Gasteiger partial charge in [-0.1, -0.05) is 13.8 Å². The van der Waals surface area contributed by atoms with Crippen LogP contribution in [0.1, 0.15) is 25.5 Å². The van der Waals surface area contributed by atoms with E-state index < -0.39 is 0 Å². The molecule has 1 N–H and O–H groups in total. The third-order valence-corrected chi connectivity index (χ3v) is 3.75. The van der Waals surface area contributed by atoms with E-state index in [0.29, 0.717) is 11.9 Å². The normalized spacial score (nSPS) is 11.4. The topological polar surface area (TPSA) is 55.6 Å². The molecule has 0 saturated carbocycles. The molecule has 3 aromatic rings. The van der Waals surface area contributed by atoms with Crippen LogP contribution in [-0.4, -0.2) is 26.8 Å². The van der Waals surface area contributed by atoms with Crippen LogP contribution in [0.5, 0.6) is 0 Å². The van der Waals surface area contributed by atoms with Crippen LogP contribution in [0.2, 0.25) is 0 Å². The molecule has 0 aliphatic carbocycles. The van der Waals surface area contributed by atoms with E-state index in [1.165, 1.54) is 0 Å². The van der Waals surface area contributed by atoms with Crippen molar-refractivity contribution in [2.24, 2.45) is 0 Å². The number of nitrogens with zero attached hydrogens (tertiary/aromatic N) is 4. The monoisotopic (exact) mass is 273 g/mol. The molecule has 0 radical (unpaired) electrons. The van der Waals surface area contributed by atoms with E-state index in [1.54, 1.807) is 11.3 Å². The van der Waals surface area contributed by atoms with Gasteiger partial charge in [-0.2, -0.15) is 10.1 Å². The van der Waals surface area contributed by atoms with E-state index in [0.717, 1.165) is 21.7 Å². The third-order valence-electron chi connectivity index (χ3n) is 2.95. The molecule has 0 spiro atoms. The first-order chi connectivity index (χ1) is 9.19. The Bertz CT molecular complexity index is 713. The van der Waals surface area contributed by atoms with Gasteiger partial charge in [-0.15, -0.1) is 11.3 Å². The van der Waals surface area contributed by atoms with Crippen LogP contribution in [0.15, 0.2) is 23.7 Å². The second-order valence-corrected chi connectivity index (χ2v) is 5.49. The Kier molecular flexibility index (Phi) is 2.94. The van der Waals surface area contributed by atoms with E-state index in [-0.39, 0.29) is 0 Å². The molecule has 3 aromatic heterocycles. The predicted octanol–water partition coefficient (Wildman–Crippen LogP) is 3.04. The fraction of sp³-hybridized carbons (Fsp3) is 0.308. The lowest BCUT2D eigenvalue weighted by Gasteiger charge is -2.05. The highest BCUT2D eigenvalue weighted by Gasteiger charge is 2.12. The molecule has 98 valence electrons. The molecule has 0 aliphatic rings. The molecule has 0 saturated heterocycles. The van der Waals surface area contributed by atoms with Gasteiger partial charge in [-0.05, 0) is 23.4 Å². The quantitative estimate of drug-likeness (QED) is 0.797. The fourth-order valence-corrected chi connectivity index (χ4v) is 2.65. The number of fused-ring (bicyclic) bond motifs is 1. The number of anilines is 1. The number of nitrogens with one attached hydrogen (secondary N) is 1. The fourth-order valence-electron chi connectivity index (χ4n) is 1.89. The molecule has 0 unspecified atom stereocenters. The molecule has 0 aliphatic heterocycles. The lowest BCUT2D eigenvalue weighted by atomic mass is 10.1. The molecule has 3 rings (SSSR count). The largest absolute Gasteiger partial charge is 0.357 e. The Morgan fingerprint density at radius 2 is 2.11 bits per heavy atom. The zero-order chi connectivity index (χ0) is 13.4. The van der Waals surface area contributed by atoms with E-state index in [2.05, 4.69) is 34.2 Å². The van der Waals surface area contributed by atoms with Crippen LogP contribution < -0.4 is 5.32 Å². The average molecular weight is 273 g/mol. The summed E-state index contributed by atoms with van der Waals surface area (Å²) in [6.07, 6.45) is 1.95. The average Bonchev–Trinajstić information content (AvgIpc) is 3.06. The first kappa shape index (κ1) is 12.1. The molecule has 5 nitrogen and oxygen atoms in total. The predicted molar refractivity (Wildman–Crippen MR) is 78.2 cm³/mol. The van der Waals surface area contributed by atoms with Crippen molar-refractivity contribution in [3.05, 3.63) is 29.4 Å². The minimum atomic E-state index is 0.407. The standard InChI is InChI=1S/C13H15N5S/c1-8(2)10-4-6-18(17-10)11-9-5-7-19-12(9)16-13(14-3)15-11/h4-8H,1-3H3,(H,14,15,16). The summed E-state index contributed by atoms with van der Waals surface area (Å²) in [6, 6.07) is 4.07. The molecule has 19 heavy (non-hydrogen) atoms. The number of hydrogen-bond donors (Lipinski definition) is 1. The maximum atomic E-state index is 4.59. The van der Waals surface area contributed by atoms with Gasteiger partial charge in [0.05, 0.1) is 11.1 Å². The summed E-state index contributed by atoms with van der Waals surface area (Å²) in [4.78, 5) is 9.92. The Hall–Kier alpha value is -1.95. The van der Waals surface area contributed by atoms with Gasteiger partial charge in [0, 0.05) is 13.2 Å². The van der Waals surface area contributed by atoms with Crippen LogP contribution in [0, 0.1) is 0 Å². The minimum absolute atomic E-state index is 0.407. The second kappa shape index (κ2) is 4.62. The van der Waals surface area contributed by atoms with Crippen LogP contribution in [-0.2, 0) is 0 Å².